The van der Waals surface area contributed by atoms with E-state index >= 15 is 0 Å². The zero-order chi connectivity index (χ0) is 15.2. The van der Waals surface area contributed by atoms with Crippen molar-refractivity contribution in [3.8, 4) is 0 Å². The van der Waals surface area contributed by atoms with Crippen molar-refractivity contribution in [3.63, 3.8) is 0 Å². The van der Waals surface area contributed by atoms with Crippen LogP contribution in [0.25, 0.3) is 10.9 Å². The van der Waals surface area contributed by atoms with Crippen molar-refractivity contribution < 1.29 is 19.4 Å². The van der Waals surface area contributed by atoms with E-state index in [4.69, 9.17) is 9.47 Å². The third-order valence-corrected chi connectivity index (χ3v) is 3.14. The van der Waals surface area contributed by atoms with Crippen molar-refractivity contribution in [3.05, 3.63) is 35.9 Å². The molecule has 0 aliphatic rings. The van der Waals surface area contributed by atoms with Gasteiger partial charge < -0.3 is 19.9 Å². The maximum absolute atomic E-state index is 11.4. The highest BCUT2D eigenvalue weighted by Gasteiger charge is 2.13. The van der Waals surface area contributed by atoms with Gasteiger partial charge in [0.25, 0.3) is 0 Å². The number of ether oxygens (including phenoxy) is 2. The summed E-state index contributed by atoms with van der Waals surface area (Å²) in [5.41, 5.74) is 0.865. The number of para-hydroxylation sites is 1. The summed E-state index contributed by atoms with van der Waals surface area (Å²) in [7, 11) is 3.20. The second kappa shape index (κ2) is 7.01. The molecule has 6 nitrogen and oxygen atoms in total. The molecular formula is C15H18N2O4. The fourth-order valence-corrected chi connectivity index (χ4v) is 2.06. The maximum atomic E-state index is 11.4. The van der Waals surface area contributed by atoms with Crippen LogP contribution in [-0.4, -0.2) is 49.5 Å². The van der Waals surface area contributed by atoms with Gasteiger partial charge in [-0.1, -0.05) is 18.2 Å². The summed E-state index contributed by atoms with van der Waals surface area (Å²) < 4.78 is 10.3. The van der Waals surface area contributed by atoms with Crippen LogP contribution in [0.15, 0.2) is 30.3 Å². The molecule has 21 heavy (non-hydrogen) atoms. The Morgan fingerprint density at radius 3 is 2.81 bits per heavy atom. The Bertz CT molecular complexity index is 630. The fourth-order valence-electron chi connectivity index (χ4n) is 2.06. The van der Waals surface area contributed by atoms with Crippen LogP contribution in [0, 0.1) is 0 Å². The molecule has 0 radical (unpaired) electrons. The number of aromatic carboxylic acids is 1. The fraction of sp³-hybridized carbons (Fsp3) is 0.333. The normalized spacial score (nSPS) is 12.3. The quantitative estimate of drug-likeness (QED) is 0.812. The second-order valence-electron chi connectivity index (χ2n) is 4.57. The lowest BCUT2D eigenvalue weighted by Crippen LogP contribution is -2.27. The number of hydrogen-bond donors (Lipinski definition) is 2. The number of pyridine rings is 1. The molecule has 0 aliphatic heterocycles. The number of anilines is 1. The zero-order valence-corrected chi connectivity index (χ0v) is 12.0. The van der Waals surface area contributed by atoms with Crippen LogP contribution in [0.4, 0.5) is 5.82 Å². The summed E-state index contributed by atoms with van der Waals surface area (Å²) >= 11 is 0. The minimum atomic E-state index is -0.975. The molecule has 0 aliphatic carbocycles. The number of nitrogens with zero attached hydrogens (tertiary/aromatic N) is 1. The molecule has 2 N–H and O–H groups in total. The summed E-state index contributed by atoms with van der Waals surface area (Å²) in [4.78, 5) is 15.8. The average molecular weight is 290 g/mol. The Balaban J connectivity index is 2.26. The number of rotatable bonds is 7. The lowest BCUT2D eigenvalue weighted by atomic mass is 10.1. The summed E-state index contributed by atoms with van der Waals surface area (Å²) in [6, 6.07) is 8.69. The van der Waals surface area contributed by atoms with Gasteiger partial charge >= 0.3 is 5.97 Å². The van der Waals surface area contributed by atoms with Crippen LogP contribution < -0.4 is 5.32 Å². The van der Waals surface area contributed by atoms with E-state index in [0.717, 1.165) is 0 Å². The Kier molecular flexibility index (Phi) is 5.08. The zero-order valence-electron chi connectivity index (χ0n) is 12.0. The number of carbonyl (C=O) groups is 1. The van der Waals surface area contributed by atoms with Gasteiger partial charge in [0.05, 0.1) is 23.8 Å². The molecule has 2 rings (SSSR count). The minimum Gasteiger partial charge on any atom is -0.478 e. The monoisotopic (exact) mass is 290 g/mol. The lowest BCUT2D eigenvalue weighted by molar-refractivity contribution is 0.0365. The molecule has 0 spiro atoms. The second-order valence-corrected chi connectivity index (χ2v) is 4.57. The maximum Gasteiger partial charge on any atom is 0.336 e. The average Bonchev–Trinajstić information content (AvgIpc) is 2.50. The van der Waals surface area contributed by atoms with Crippen molar-refractivity contribution in [1.29, 1.82) is 0 Å². The van der Waals surface area contributed by atoms with Gasteiger partial charge in [-0.05, 0) is 12.1 Å². The van der Waals surface area contributed by atoms with Gasteiger partial charge in [0.15, 0.2) is 0 Å². The molecule has 0 amide bonds. The van der Waals surface area contributed by atoms with Crippen molar-refractivity contribution in [2.45, 2.75) is 6.10 Å². The SMILES string of the molecule is COCC(CNc1cc(C(=O)O)c2ccccc2n1)OC. The van der Waals surface area contributed by atoms with Crippen molar-refractivity contribution in [2.24, 2.45) is 0 Å². The molecule has 1 atom stereocenters. The first-order valence-electron chi connectivity index (χ1n) is 6.54. The number of benzene rings is 1. The molecule has 6 heteroatoms. The number of fused-ring (bicyclic) bond motifs is 1. The molecule has 0 bridgehead atoms. The van der Waals surface area contributed by atoms with Crippen LogP contribution in [-0.2, 0) is 9.47 Å². The van der Waals surface area contributed by atoms with Gasteiger partial charge in [-0.2, -0.15) is 0 Å². The van der Waals surface area contributed by atoms with E-state index in [0.29, 0.717) is 29.9 Å². The van der Waals surface area contributed by atoms with Gasteiger partial charge in [-0.3, -0.25) is 0 Å². The highest BCUT2D eigenvalue weighted by Crippen LogP contribution is 2.20. The van der Waals surface area contributed by atoms with Crippen molar-refractivity contribution in [2.75, 3.05) is 32.7 Å². The number of methoxy groups -OCH3 is 2. The van der Waals surface area contributed by atoms with Crippen molar-refractivity contribution >= 4 is 22.7 Å². The number of hydrogen-bond acceptors (Lipinski definition) is 5. The predicted octanol–water partition coefficient (Wildman–Crippen LogP) is 2.01. The van der Waals surface area contributed by atoms with Gasteiger partial charge in [-0.25, -0.2) is 9.78 Å². The summed E-state index contributed by atoms with van der Waals surface area (Å²) in [5.74, 6) is -0.471. The number of carboxylic acids is 1. The van der Waals surface area contributed by atoms with Gasteiger partial charge in [0.2, 0.25) is 0 Å². The molecule has 1 unspecified atom stereocenters. The van der Waals surface area contributed by atoms with Crippen LogP contribution in [0.3, 0.4) is 0 Å². The van der Waals surface area contributed by atoms with Gasteiger partial charge in [0, 0.05) is 26.2 Å². The van der Waals surface area contributed by atoms with E-state index in [2.05, 4.69) is 10.3 Å². The van der Waals surface area contributed by atoms with E-state index in [9.17, 15) is 9.90 Å². The first kappa shape index (κ1) is 15.2. The molecular weight excluding hydrogens is 272 g/mol. The minimum absolute atomic E-state index is 0.128. The van der Waals surface area contributed by atoms with E-state index in [-0.39, 0.29) is 11.7 Å². The molecule has 0 fully saturated rings. The van der Waals surface area contributed by atoms with E-state index in [1.54, 1.807) is 32.4 Å². The number of aromatic nitrogens is 1. The highest BCUT2D eigenvalue weighted by atomic mass is 16.5. The van der Waals surface area contributed by atoms with E-state index in [1.165, 1.54) is 6.07 Å². The number of nitrogens with one attached hydrogen (secondary N) is 1. The Morgan fingerprint density at radius 2 is 2.14 bits per heavy atom. The molecule has 1 heterocycles. The van der Waals surface area contributed by atoms with Crippen LogP contribution in [0.2, 0.25) is 0 Å². The molecule has 2 aromatic rings. The van der Waals surface area contributed by atoms with Crippen LogP contribution >= 0.6 is 0 Å². The third kappa shape index (κ3) is 3.68. The summed E-state index contributed by atoms with van der Waals surface area (Å²) in [6.45, 7) is 0.928. The molecule has 1 aromatic carbocycles. The Morgan fingerprint density at radius 1 is 1.38 bits per heavy atom. The molecule has 0 saturated heterocycles. The van der Waals surface area contributed by atoms with E-state index < -0.39 is 5.97 Å². The predicted molar refractivity (Wildman–Crippen MR) is 79.9 cm³/mol. The highest BCUT2D eigenvalue weighted by molar-refractivity contribution is 6.03. The molecule has 112 valence electrons. The molecule has 1 aromatic heterocycles. The Hall–Kier alpha value is -2.18. The van der Waals surface area contributed by atoms with Crippen molar-refractivity contribution in [1.82, 2.24) is 4.98 Å². The first-order chi connectivity index (χ1) is 10.2. The van der Waals surface area contributed by atoms with Crippen LogP contribution in [0.5, 0.6) is 0 Å². The van der Waals surface area contributed by atoms with Gasteiger partial charge in [-0.15, -0.1) is 0 Å². The largest absolute Gasteiger partial charge is 0.478 e. The molecule has 0 saturated carbocycles. The summed E-state index contributed by atoms with van der Waals surface area (Å²) in [6.07, 6.45) is -0.128. The summed E-state index contributed by atoms with van der Waals surface area (Å²) in [5, 5.41) is 13.0. The topological polar surface area (TPSA) is 80.7 Å². The Labute approximate surface area is 122 Å². The smallest absolute Gasteiger partial charge is 0.336 e. The standard InChI is InChI=1S/C15H18N2O4/c1-20-9-10(21-2)8-16-14-7-12(15(18)19)11-5-3-4-6-13(11)17-14/h3-7,10H,8-9H2,1-2H3,(H,16,17)(H,18,19). The van der Waals surface area contributed by atoms with Gasteiger partial charge in [0.1, 0.15) is 5.82 Å². The third-order valence-electron chi connectivity index (χ3n) is 3.14. The van der Waals surface area contributed by atoms with Crippen LogP contribution in [0.1, 0.15) is 10.4 Å². The number of carboxylic acid groups (broad SMARTS) is 1. The van der Waals surface area contributed by atoms with E-state index in [1.807, 2.05) is 6.07 Å². The first-order valence-corrected chi connectivity index (χ1v) is 6.54. The lowest BCUT2D eigenvalue weighted by Gasteiger charge is -2.16.